The topological polar surface area (TPSA) is 59.8 Å². The number of aryl methyl sites for hydroxylation is 1. The molecule has 5 heteroatoms. The number of fused-ring (bicyclic) bond motifs is 1. The van der Waals surface area contributed by atoms with Crippen LogP contribution in [0.3, 0.4) is 0 Å². The predicted molar refractivity (Wildman–Crippen MR) is 107 cm³/mol. The molecule has 1 amide bonds. The Balaban J connectivity index is 1.40. The number of carbonyl (C=O) groups excluding carboxylic acids is 1. The van der Waals surface area contributed by atoms with E-state index in [1.807, 2.05) is 18.2 Å². The van der Waals surface area contributed by atoms with Crippen molar-refractivity contribution in [2.45, 2.75) is 77.2 Å². The maximum absolute atomic E-state index is 12.4. The van der Waals surface area contributed by atoms with Gasteiger partial charge in [0.25, 0.3) is 0 Å². The number of hydrogen-bond acceptors (Lipinski definition) is 3. The molecule has 1 aromatic carbocycles. The van der Waals surface area contributed by atoms with Crippen molar-refractivity contribution in [2.75, 3.05) is 5.32 Å². The Labute approximate surface area is 161 Å². The summed E-state index contributed by atoms with van der Waals surface area (Å²) in [6, 6.07) is 8.03. The molecule has 1 aromatic heterocycles. The van der Waals surface area contributed by atoms with E-state index in [1.165, 1.54) is 51.4 Å². The number of nitrogens with zero attached hydrogens (tertiary/aromatic N) is 3. The molecule has 1 aliphatic heterocycles. The highest BCUT2D eigenvalue weighted by Crippen LogP contribution is 2.28. The third kappa shape index (κ3) is 4.57. The van der Waals surface area contributed by atoms with Gasteiger partial charge in [-0.15, -0.1) is 10.2 Å². The van der Waals surface area contributed by atoms with Gasteiger partial charge < -0.3 is 9.88 Å². The highest BCUT2D eigenvalue weighted by molar-refractivity contribution is 5.91. The lowest BCUT2D eigenvalue weighted by atomic mass is 9.86. The number of anilines is 1. The Hall–Kier alpha value is -2.17. The fourth-order valence-corrected chi connectivity index (χ4v) is 4.47. The van der Waals surface area contributed by atoms with E-state index in [-0.39, 0.29) is 5.91 Å². The van der Waals surface area contributed by atoms with Crippen molar-refractivity contribution in [3.8, 4) is 11.4 Å². The molecule has 4 rings (SSSR count). The van der Waals surface area contributed by atoms with E-state index in [0.29, 0.717) is 6.42 Å². The second-order valence-corrected chi connectivity index (χ2v) is 8.07. The third-order valence-electron chi connectivity index (χ3n) is 6.02. The number of nitrogens with one attached hydrogen (secondary N) is 1. The number of aromatic nitrogens is 3. The van der Waals surface area contributed by atoms with Crippen LogP contribution in [0.25, 0.3) is 11.4 Å². The number of amides is 1. The number of hydrogen-bond donors (Lipinski definition) is 1. The average Bonchev–Trinajstić information content (AvgIpc) is 2.96. The molecule has 0 saturated heterocycles. The van der Waals surface area contributed by atoms with Crippen molar-refractivity contribution in [1.82, 2.24) is 14.8 Å². The first kappa shape index (κ1) is 18.2. The van der Waals surface area contributed by atoms with Gasteiger partial charge >= 0.3 is 0 Å². The van der Waals surface area contributed by atoms with Crippen LogP contribution in [0.15, 0.2) is 24.3 Å². The summed E-state index contributed by atoms with van der Waals surface area (Å²) in [7, 11) is 0. The Morgan fingerprint density at radius 3 is 2.81 bits per heavy atom. The van der Waals surface area contributed by atoms with Crippen molar-refractivity contribution in [1.29, 1.82) is 0 Å². The third-order valence-corrected chi connectivity index (χ3v) is 6.02. The molecule has 1 fully saturated rings. The minimum Gasteiger partial charge on any atom is -0.326 e. The van der Waals surface area contributed by atoms with Crippen LogP contribution in [0.2, 0.25) is 0 Å². The number of rotatable bonds is 5. The monoisotopic (exact) mass is 366 g/mol. The Morgan fingerprint density at radius 2 is 1.93 bits per heavy atom. The van der Waals surface area contributed by atoms with Gasteiger partial charge in [0.2, 0.25) is 5.91 Å². The van der Waals surface area contributed by atoms with E-state index in [1.54, 1.807) is 0 Å². The Kier molecular flexibility index (Phi) is 5.85. The van der Waals surface area contributed by atoms with E-state index in [2.05, 4.69) is 26.1 Å². The van der Waals surface area contributed by atoms with Gasteiger partial charge in [-0.3, -0.25) is 4.79 Å². The van der Waals surface area contributed by atoms with Gasteiger partial charge in [0, 0.05) is 30.6 Å². The highest BCUT2D eigenvalue weighted by atomic mass is 16.1. The lowest BCUT2D eigenvalue weighted by Crippen LogP contribution is -2.15. The van der Waals surface area contributed by atoms with Crippen LogP contribution in [0.1, 0.15) is 70.0 Å². The lowest BCUT2D eigenvalue weighted by molar-refractivity contribution is -0.116. The highest BCUT2D eigenvalue weighted by Gasteiger charge is 2.17. The largest absolute Gasteiger partial charge is 0.326 e. The zero-order valence-corrected chi connectivity index (χ0v) is 16.1. The molecule has 5 nitrogen and oxygen atoms in total. The Bertz CT molecular complexity index is 776. The van der Waals surface area contributed by atoms with Gasteiger partial charge in [0.05, 0.1) is 0 Å². The first-order chi connectivity index (χ1) is 13.3. The molecule has 0 radical (unpaired) electrons. The zero-order chi connectivity index (χ0) is 18.5. The quantitative estimate of drug-likeness (QED) is 0.812. The fourth-order valence-electron chi connectivity index (χ4n) is 4.47. The van der Waals surface area contributed by atoms with Crippen LogP contribution in [0.4, 0.5) is 5.69 Å². The smallest absolute Gasteiger partial charge is 0.224 e. The molecule has 0 atom stereocenters. The van der Waals surface area contributed by atoms with E-state index in [9.17, 15) is 4.79 Å². The standard InChI is InChI=1S/C22H30N4O/c27-21(14-13-17-8-3-1-4-9-17)23-19-11-7-10-18(16-19)22-25-24-20-12-5-2-6-15-26(20)22/h7,10-11,16-17H,1-6,8-9,12-15H2,(H,23,27). The Morgan fingerprint density at radius 1 is 1.07 bits per heavy atom. The van der Waals surface area contributed by atoms with Crippen LogP contribution >= 0.6 is 0 Å². The van der Waals surface area contributed by atoms with Crippen molar-refractivity contribution < 1.29 is 4.79 Å². The summed E-state index contributed by atoms with van der Waals surface area (Å²) in [6.07, 6.45) is 12.9. The van der Waals surface area contributed by atoms with Crippen molar-refractivity contribution in [3.05, 3.63) is 30.1 Å². The van der Waals surface area contributed by atoms with Gasteiger partial charge in [-0.2, -0.15) is 0 Å². The van der Waals surface area contributed by atoms with Crippen LogP contribution in [-0.4, -0.2) is 20.7 Å². The number of carbonyl (C=O) groups is 1. The van der Waals surface area contributed by atoms with Crippen LogP contribution in [0, 0.1) is 5.92 Å². The van der Waals surface area contributed by atoms with E-state index in [0.717, 1.165) is 48.2 Å². The fraction of sp³-hybridized carbons (Fsp3) is 0.591. The maximum atomic E-state index is 12.4. The lowest BCUT2D eigenvalue weighted by Gasteiger charge is -2.21. The van der Waals surface area contributed by atoms with E-state index < -0.39 is 0 Å². The molecule has 0 spiro atoms. The molecule has 2 aromatic rings. The number of benzene rings is 1. The minimum absolute atomic E-state index is 0.123. The first-order valence-electron chi connectivity index (χ1n) is 10.6. The first-order valence-corrected chi connectivity index (χ1v) is 10.6. The SMILES string of the molecule is O=C(CCC1CCCCC1)Nc1cccc(-c2nnc3n2CCCCC3)c1. The summed E-state index contributed by atoms with van der Waals surface area (Å²) in [5, 5.41) is 11.9. The summed E-state index contributed by atoms with van der Waals surface area (Å²) in [5.41, 5.74) is 1.88. The molecule has 2 heterocycles. The molecular weight excluding hydrogens is 336 g/mol. The minimum atomic E-state index is 0.123. The molecule has 2 aliphatic rings. The summed E-state index contributed by atoms with van der Waals surface area (Å²) >= 11 is 0. The second-order valence-electron chi connectivity index (χ2n) is 8.07. The van der Waals surface area contributed by atoms with E-state index >= 15 is 0 Å². The normalized spacial score (nSPS) is 17.9. The maximum Gasteiger partial charge on any atom is 0.224 e. The summed E-state index contributed by atoms with van der Waals surface area (Å²) in [5.74, 6) is 2.87. The van der Waals surface area contributed by atoms with Crippen LogP contribution < -0.4 is 5.32 Å². The summed E-state index contributed by atoms with van der Waals surface area (Å²) in [4.78, 5) is 12.4. The summed E-state index contributed by atoms with van der Waals surface area (Å²) in [6.45, 7) is 0.982. The average molecular weight is 367 g/mol. The van der Waals surface area contributed by atoms with Crippen molar-refractivity contribution in [3.63, 3.8) is 0 Å². The molecule has 144 valence electrons. The van der Waals surface area contributed by atoms with Gasteiger partial charge in [0.1, 0.15) is 5.82 Å². The van der Waals surface area contributed by atoms with Crippen molar-refractivity contribution in [2.24, 2.45) is 5.92 Å². The van der Waals surface area contributed by atoms with Gasteiger partial charge in [-0.1, -0.05) is 50.7 Å². The van der Waals surface area contributed by atoms with Gasteiger partial charge in [-0.25, -0.2) is 0 Å². The predicted octanol–water partition coefficient (Wildman–Crippen LogP) is 4.97. The molecule has 1 saturated carbocycles. The van der Waals surface area contributed by atoms with E-state index in [4.69, 9.17) is 0 Å². The van der Waals surface area contributed by atoms with Gasteiger partial charge in [-0.05, 0) is 37.3 Å². The zero-order valence-electron chi connectivity index (χ0n) is 16.1. The van der Waals surface area contributed by atoms with Crippen LogP contribution in [0.5, 0.6) is 0 Å². The second kappa shape index (κ2) is 8.68. The molecule has 0 bridgehead atoms. The van der Waals surface area contributed by atoms with Gasteiger partial charge in [0.15, 0.2) is 5.82 Å². The molecule has 0 unspecified atom stereocenters. The molecular formula is C22H30N4O. The molecule has 1 N–H and O–H groups in total. The molecule has 1 aliphatic carbocycles. The summed E-state index contributed by atoms with van der Waals surface area (Å²) < 4.78 is 2.25. The van der Waals surface area contributed by atoms with Crippen molar-refractivity contribution >= 4 is 11.6 Å². The van der Waals surface area contributed by atoms with Crippen LogP contribution in [-0.2, 0) is 17.8 Å². The molecule has 27 heavy (non-hydrogen) atoms.